The van der Waals surface area contributed by atoms with Gasteiger partial charge in [-0.2, -0.15) is 0 Å². The highest BCUT2D eigenvalue weighted by Gasteiger charge is 2.25. The lowest BCUT2D eigenvalue weighted by molar-refractivity contribution is 0.0632. The van der Waals surface area contributed by atoms with Crippen LogP contribution in [0.3, 0.4) is 0 Å². The summed E-state index contributed by atoms with van der Waals surface area (Å²) in [5.74, 6) is 0.179. The first-order valence-electron chi connectivity index (χ1n) is 8.21. The van der Waals surface area contributed by atoms with Crippen LogP contribution >= 0.6 is 0 Å². The van der Waals surface area contributed by atoms with Gasteiger partial charge in [0.2, 0.25) is 0 Å². The molecule has 1 aromatic carbocycles. The molecular weight excluding hydrogens is 260 g/mol. The van der Waals surface area contributed by atoms with Crippen molar-refractivity contribution in [1.29, 1.82) is 0 Å². The first-order valence-corrected chi connectivity index (χ1v) is 8.21. The molecule has 0 bridgehead atoms. The van der Waals surface area contributed by atoms with E-state index in [1.807, 2.05) is 18.2 Å². The maximum atomic E-state index is 12.9. The Labute approximate surface area is 128 Å². The van der Waals surface area contributed by atoms with Crippen LogP contribution in [0.1, 0.15) is 60.0 Å². The van der Waals surface area contributed by atoms with Crippen molar-refractivity contribution in [1.82, 2.24) is 4.90 Å². The van der Waals surface area contributed by atoms with Crippen LogP contribution in [-0.2, 0) is 0 Å². The zero-order chi connectivity index (χ0) is 15.2. The van der Waals surface area contributed by atoms with Crippen LogP contribution in [-0.4, -0.2) is 29.9 Å². The van der Waals surface area contributed by atoms with Gasteiger partial charge in [-0.3, -0.25) is 4.79 Å². The van der Waals surface area contributed by atoms with Crippen LogP contribution in [0.2, 0.25) is 0 Å². The van der Waals surface area contributed by atoms with Crippen LogP contribution in [0.5, 0.6) is 0 Å². The molecular formula is C18H28N2O. The molecule has 1 aromatic rings. The lowest BCUT2D eigenvalue weighted by atomic mass is 9.93. The molecule has 1 amide bonds. The predicted octanol–water partition coefficient (Wildman–Crippen LogP) is 3.43. The van der Waals surface area contributed by atoms with Crippen molar-refractivity contribution in [2.45, 2.75) is 58.4 Å². The van der Waals surface area contributed by atoms with Crippen molar-refractivity contribution in [2.24, 2.45) is 5.73 Å². The van der Waals surface area contributed by atoms with E-state index in [-0.39, 0.29) is 5.91 Å². The maximum Gasteiger partial charge on any atom is 0.254 e. The topological polar surface area (TPSA) is 46.3 Å². The number of nitrogens with zero attached hydrogens (tertiary/aromatic N) is 1. The number of carbonyl (C=O) groups excluding carboxylic acids is 1. The third kappa shape index (κ3) is 4.07. The van der Waals surface area contributed by atoms with Gasteiger partial charge in [0.05, 0.1) is 0 Å². The summed E-state index contributed by atoms with van der Waals surface area (Å²) in [4.78, 5) is 15.0. The van der Waals surface area contributed by atoms with E-state index >= 15 is 0 Å². The Morgan fingerprint density at radius 3 is 2.52 bits per heavy atom. The summed E-state index contributed by atoms with van der Waals surface area (Å²) in [6.45, 7) is 5.57. The fourth-order valence-electron chi connectivity index (χ4n) is 3.14. The van der Waals surface area contributed by atoms with E-state index in [9.17, 15) is 4.79 Å². The molecule has 116 valence electrons. The van der Waals surface area contributed by atoms with Gasteiger partial charge >= 0.3 is 0 Å². The molecule has 21 heavy (non-hydrogen) atoms. The third-order valence-corrected chi connectivity index (χ3v) is 4.63. The smallest absolute Gasteiger partial charge is 0.254 e. The molecule has 0 heterocycles. The number of nitrogens with two attached hydrogens (primary N) is 1. The molecule has 0 aliphatic heterocycles. The second-order valence-corrected chi connectivity index (χ2v) is 6.23. The monoisotopic (exact) mass is 288 g/mol. The van der Waals surface area contributed by atoms with Crippen LogP contribution in [0, 0.1) is 13.8 Å². The maximum absolute atomic E-state index is 12.9. The number of benzene rings is 1. The Hall–Kier alpha value is -1.35. The second-order valence-electron chi connectivity index (χ2n) is 6.23. The summed E-state index contributed by atoms with van der Waals surface area (Å²) >= 11 is 0. The molecule has 0 saturated heterocycles. The Morgan fingerprint density at radius 2 is 1.90 bits per heavy atom. The molecule has 3 nitrogen and oxygen atoms in total. The molecule has 0 radical (unpaired) electrons. The molecule has 3 heteroatoms. The van der Waals surface area contributed by atoms with Gasteiger partial charge in [-0.25, -0.2) is 0 Å². The van der Waals surface area contributed by atoms with Crippen molar-refractivity contribution < 1.29 is 4.79 Å². The first-order chi connectivity index (χ1) is 10.1. The van der Waals surface area contributed by atoms with Gasteiger partial charge in [0, 0.05) is 18.2 Å². The molecule has 2 rings (SSSR count). The second kappa shape index (κ2) is 7.60. The predicted molar refractivity (Wildman–Crippen MR) is 87.5 cm³/mol. The molecule has 0 aromatic heterocycles. The zero-order valence-corrected chi connectivity index (χ0v) is 13.4. The SMILES string of the molecule is Cc1ccc(C(=O)N(CCCN)C2CCCCC2)cc1C. The van der Waals surface area contributed by atoms with Crippen LogP contribution in [0.4, 0.5) is 0 Å². The quantitative estimate of drug-likeness (QED) is 0.902. The van der Waals surface area contributed by atoms with Gasteiger partial charge in [-0.05, 0) is 62.9 Å². The molecule has 1 fully saturated rings. The fourth-order valence-corrected chi connectivity index (χ4v) is 3.14. The van der Waals surface area contributed by atoms with Gasteiger partial charge in [0.15, 0.2) is 0 Å². The molecule has 1 aliphatic carbocycles. The average Bonchev–Trinajstić information content (AvgIpc) is 2.51. The number of amides is 1. The van der Waals surface area contributed by atoms with Crippen molar-refractivity contribution in [3.05, 3.63) is 34.9 Å². The van der Waals surface area contributed by atoms with E-state index in [1.165, 1.54) is 30.4 Å². The number of hydrogen-bond acceptors (Lipinski definition) is 2. The Balaban J connectivity index is 2.17. The van der Waals surface area contributed by atoms with Gasteiger partial charge < -0.3 is 10.6 Å². The molecule has 2 N–H and O–H groups in total. The molecule has 0 unspecified atom stereocenters. The highest BCUT2D eigenvalue weighted by Crippen LogP contribution is 2.24. The first kappa shape index (κ1) is 16.0. The lowest BCUT2D eigenvalue weighted by Crippen LogP contribution is -2.42. The summed E-state index contributed by atoms with van der Waals surface area (Å²) in [6, 6.07) is 6.43. The number of hydrogen-bond donors (Lipinski definition) is 1. The largest absolute Gasteiger partial charge is 0.336 e. The average molecular weight is 288 g/mol. The summed E-state index contributed by atoms with van der Waals surface area (Å²) in [6.07, 6.45) is 6.95. The number of rotatable bonds is 5. The van der Waals surface area contributed by atoms with Crippen molar-refractivity contribution in [3.8, 4) is 0 Å². The highest BCUT2D eigenvalue weighted by molar-refractivity contribution is 5.94. The fraction of sp³-hybridized carbons (Fsp3) is 0.611. The van der Waals surface area contributed by atoms with E-state index in [2.05, 4.69) is 18.7 Å². The van der Waals surface area contributed by atoms with Gasteiger partial charge in [0.25, 0.3) is 5.91 Å². The van der Waals surface area contributed by atoms with E-state index in [4.69, 9.17) is 5.73 Å². The zero-order valence-electron chi connectivity index (χ0n) is 13.4. The minimum Gasteiger partial charge on any atom is -0.336 e. The van der Waals surface area contributed by atoms with Crippen molar-refractivity contribution in [3.63, 3.8) is 0 Å². The van der Waals surface area contributed by atoms with Gasteiger partial charge in [-0.1, -0.05) is 25.3 Å². The van der Waals surface area contributed by atoms with E-state index in [0.29, 0.717) is 12.6 Å². The van der Waals surface area contributed by atoms with Crippen LogP contribution in [0.25, 0.3) is 0 Å². The van der Waals surface area contributed by atoms with Gasteiger partial charge in [-0.15, -0.1) is 0 Å². The normalized spacial score (nSPS) is 16.0. The molecule has 1 aliphatic rings. The van der Waals surface area contributed by atoms with Crippen LogP contribution in [0.15, 0.2) is 18.2 Å². The Kier molecular flexibility index (Phi) is 5.80. The third-order valence-electron chi connectivity index (χ3n) is 4.63. The van der Waals surface area contributed by atoms with E-state index in [0.717, 1.165) is 31.4 Å². The van der Waals surface area contributed by atoms with E-state index < -0.39 is 0 Å². The van der Waals surface area contributed by atoms with Crippen molar-refractivity contribution >= 4 is 5.91 Å². The summed E-state index contributed by atoms with van der Waals surface area (Å²) in [5, 5.41) is 0. The molecule has 0 atom stereocenters. The Morgan fingerprint density at radius 1 is 1.19 bits per heavy atom. The van der Waals surface area contributed by atoms with Crippen LogP contribution < -0.4 is 5.73 Å². The summed E-state index contributed by atoms with van der Waals surface area (Å²) in [7, 11) is 0. The number of aryl methyl sites for hydroxylation is 2. The minimum absolute atomic E-state index is 0.179. The lowest BCUT2D eigenvalue weighted by Gasteiger charge is -2.34. The van der Waals surface area contributed by atoms with Gasteiger partial charge in [0.1, 0.15) is 0 Å². The van der Waals surface area contributed by atoms with E-state index in [1.54, 1.807) is 0 Å². The minimum atomic E-state index is 0.179. The summed E-state index contributed by atoms with van der Waals surface area (Å²) in [5.41, 5.74) is 8.89. The summed E-state index contributed by atoms with van der Waals surface area (Å²) < 4.78 is 0. The molecule has 0 spiro atoms. The standard InChI is InChI=1S/C18H28N2O/c1-14-9-10-16(13-15(14)2)18(21)20(12-6-11-19)17-7-4-3-5-8-17/h9-10,13,17H,3-8,11-12,19H2,1-2H3. The molecule has 1 saturated carbocycles. The number of carbonyl (C=O) groups is 1. The highest BCUT2D eigenvalue weighted by atomic mass is 16.2. The Bertz CT molecular complexity index is 478. The van der Waals surface area contributed by atoms with Crippen molar-refractivity contribution in [2.75, 3.05) is 13.1 Å².